The highest BCUT2D eigenvalue weighted by Gasteiger charge is 3.08. The van der Waals surface area contributed by atoms with Gasteiger partial charge < -0.3 is 5.11 Å². The average Bonchev–Trinajstić information content (AvgIpc) is 1.86. The molecule has 0 bridgehead atoms. The smallest absolute Gasteiger partial charge is 0.0754 e. The molecule has 1 N–H and O–H groups in total. The van der Waals surface area contributed by atoms with Gasteiger partial charge in [-0.3, -0.25) is 0 Å². The summed E-state index contributed by atoms with van der Waals surface area (Å²) < 4.78 is 0. The van der Waals surface area contributed by atoms with E-state index in [1.807, 2.05) is 0 Å². The molecule has 6 aliphatic rings. The quantitative estimate of drug-likeness (QED) is 0.511. The van der Waals surface area contributed by atoms with Crippen molar-refractivity contribution in [2.75, 3.05) is 0 Å². The van der Waals surface area contributed by atoms with Crippen LogP contribution < -0.4 is 0 Å². The second-order valence-electron chi connectivity index (χ2n) is 5.41. The predicted octanol–water partition coefficient (Wildman–Crippen LogP) is 0.489. The maximum atomic E-state index is 9.97. The molecule has 6 aliphatic carbocycles. The average molecular weight is 134 g/mol. The Kier molecular flexibility index (Phi) is 0.260. The minimum Gasteiger partial charge on any atom is -0.389 e. The van der Waals surface area contributed by atoms with E-state index >= 15 is 0 Å². The minimum atomic E-state index is -0.0706. The molecule has 4 unspecified atom stereocenters. The van der Waals surface area contributed by atoms with Crippen LogP contribution in [0.5, 0.6) is 0 Å². The molecule has 0 aromatic rings. The summed E-state index contributed by atoms with van der Waals surface area (Å²) in [6.45, 7) is 2.41. The minimum absolute atomic E-state index is 0.0706. The van der Waals surface area contributed by atoms with Gasteiger partial charge in [0, 0.05) is 0 Å². The Balaban J connectivity index is 1.89. The standard InChI is InChI=1S/C9H10O/c1-8-4-2-5-3(4)7(8)9(5,10)6(2)8/h2-7,10H,1H3. The van der Waals surface area contributed by atoms with Gasteiger partial charge in [0.15, 0.2) is 0 Å². The van der Waals surface area contributed by atoms with Crippen molar-refractivity contribution in [3.63, 3.8) is 0 Å². The summed E-state index contributed by atoms with van der Waals surface area (Å²) >= 11 is 0. The van der Waals surface area contributed by atoms with E-state index in [-0.39, 0.29) is 5.60 Å². The van der Waals surface area contributed by atoms with E-state index in [1.54, 1.807) is 0 Å². The first-order valence-corrected chi connectivity index (χ1v) is 4.46. The van der Waals surface area contributed by atoms with Crippen LogP contribution in [0.3, 0.4) is 0 Å². The lowest BCUT2D eigenvalue weighted by molar-refractivity contribution is -0.659. The predicted molar refractivity (Wildman–Crippen MR) is 34.0 cm³/mol. The second-order valence-corrected chi connectivity index (χ2v) is 5.41. The summed E-state index contributed by atoms with van der Waals surface area (Å²) in [7, 11) is 0. The molecule has 1 heteroatoms. The molecule has 0 saturated heterocycles. The molecule has 0 aliphatic heterocycles. The first kappa shape index (κ1) is 4.10. The van der Waals surface area contributed by atoms with E-state index in [2.05, 4.69) is 6.92 Å². The highest BCUT2D eigenvalue weighted by Crippen LogP contribution is 3.06. The molecule has 1 nitrogen and oxygen atoms in total. The number of hydrogen-bond acceptors (Lipinski definition) is 1. The molecule has 6 saturated carbocycles. The maximum Gasteiger partial charge on any atom is 0.0754 e. The molecule has 52 valence electrons. The summed E-state index contributed by atoms with van der Waals surface area (Å²) in [5, 5.41) is 9.97. The Hall–Kier alpha value is -0.0400. The third-order valence-corrected chi connectivity index (χ3v) is 6.02. The van der Waals surface area contributed by atoms with Gasteiger partial charge in [0.1, 0.15) is 0 Å². The van der Waals surface area contributed by atoms with Gasteiger partial charge in [-0.2, -0.15) is 0 Å². The number of aliphatic hydroxyl groups is 1. The van der Waals surface area contributed by atoms with Gasteiger partial charge in [-0.25, -0.2) is 0 Å². The fourth-order valence-electron chi connectivity index (χ4n) is 6.18. The molecule has 0 spiro atoms. The Morgan fingerprint density at radius 1 is 1.10 bits per heavy atom. The van der Waals surface area contributed by atoms with Crippen LogP contribution in [0.4, 0.5) is 0 Å². The molecule has 10 heavy (non-hydrogen) atoms. The van der Waals surface area contributed by atoms with Crippen LogP contribution in [0.15, 0.2) is 0 Å². The highest BCUT2D eigenvalue weighted by molar-refractivity contribution is 5.55. The van der Waals surface area contributed by atoms with Gasteiger partial charge in [-0.1, -0.05) is 6.92 Å². The lowest BCUT2D eigenvalue weighted by Gasteiger charge is -3.09. The highest BCUT2D eigenvalue weighted by atomic mass is 16.3. The first-order chi connectivity index (χ1) is 4.73. The van der Waals surface area contributed by atoms with Crippen LogP contribution in [-0.4, -0.2) is 10.7 Å². The zero-order valence-corrected chi connectivity index (χ0v) is 5.91. The van der Waals surface area contributed by atoms with Crippen LogP contribution in [0.25, 0.3) is 0 Å². The van der Waals surface area contributed by atoms with Crippen molar-refractivity contribution in [1.29, 1.82) is 0 Å². The maximum absolute atomic E-state index is 9.97. The molecule has 0 radical (unpaired) electrons. The van der Waals surface area contributed by atoms with Crippen molar-refractivity contribution in [3.05, 3.63) is 0 Å². The number of hydrogen-bond donors (Lipinski definition) is 1. The van der Waals surface area contributed by atoms with Crippen molar-refractivity contribution in [2.45, 2.75) is 12.5 Å². The van der Waals surface area contributed by atoms with E-state index in [4.69, 9.17) is 0 Å². The zero-order valence-electron chi connectivity index (χ0n) is 5.91. The fraction of sp³-hybridized carbons (Fsp3) is 1.00. The van der Waals surface area contributed by atoms with Crippen LogP contribution in [0, 0.1) is 40.9 Å². The summed E-state index contributed by atoms with van der Waals surface area (Å²) in [6.07, 6.45) is 0. The Morgan fingerprint density at radius 3 is 2.00 bits per heavy atom. The Bertz CT molecular complexity index is 249. The monoisotopic (exact) mass is 134 g/mol. The molecule has 0 aromatic heterocycles. The summed E-state index contributed by atoms with van der Waals surface area (Å²) in [4.78, 5) is 0. The SMILES string of the molecule is CC12C3C4C5C3C1C5(O)C42. The van der Waals surface area contributed by atoms with Crippen LogP contribution in [0.2, 0.25) is 0 Å². The molecule has 0 amide bonds. The van der Waals surface area contributed by atoms with Gasteiger partial charge in [0.25, 0.3) is 0 Å². The lowest BCUT2D eigenvalue weighted by Crippen LogP contribution is -3.12. The van der Waals surface area contributed by atoms with Crippen molar-refractivity contribution in [2.24, 2.45) is 40.9 Å². The van der Waals surface area contributed by atoms with E-state index in [9.17, 15) is 5.11 Å². The van der Waals surface area contributed by atoms with Crippen molar-refractivity contribution >= 4 is 0 Å². The van der Waals surface area contributed by atoms with Crippen molar-refractivity contribution in [3.8, 4) is 0 Å². The summed E-state index contributed by atoms with van der Waals surface area (Å²) in [5.41, 5.74) is 0.609. The Morgan fingerprint density at radius 2 is 1.70 bits per heavy atom. The van der Waals surface area contributed by atoms with Crippen LogP contribution in [0.1, 0.15) is 6.92 Å². The van der Waals surface area contributed by atoms with Crippen molar-refractivity contribution < 1.29 is 5.11 Å². The Labute approximate surface area is 59.4 Å². The van der Waals surface area contributed by atoms with Crippen LogP contribution in [-0.2, 0) is 0 Å². The van der Waals surface area contributed by atoms with E-state index < -0.39 is 0 Å². The normalized spacial score (nSPS) is 104. The van der Waals surface area contributed by atoms with E-state index in [0.29, 0.717) is 5.41 Å². The lowest BCUT2D eigenvalue weighted by atomic mass is 8.95. The van der Waals surface area contributed by atoms with E-state index in [1.165, 1.54) is 0 Å². The molecule has 6 rings (SSSR count). The van der Waals surface area contributed by atoms with E-state index in [0.717, 1.165) is 35.5 Å². The zero-order chi connectivity index (χ0) is 6.46. The molecule has 4 atom stereocenters. The van der Waals surface area contributed by atoms with Gasteiger partial charge >= 0.3 is 0 Å². The van der Waals surface area contributed by atoms with Gasteiger partial charge in [-0.15, -0.1) is 0 Å². The van der Waals surface area contributed by atoms with Crippen molar-refractivity contribution in [1.82, 2.24) is 0 Å². The third-order valence-electron chi connectivity index (χ3n) is 6.02. The fourth-order valence-corrected chi connectivity index (χ4v) is 6.18. The third kappa shape index (κ3) is 0.107. The summed E-state index contributed by atoms with van der Waals surface area (Å²) in [5.74, 6) is 5.51. The molecule has 0 heterocycles. The number of rotatable bonds is 0. The second kappa shape index (κ2) is 0.632. The molecular weight excluding hydrogens is 124 g/mol. The molecular formula is C9H10O. The molecule has 0 aromatic carbocycles. The topological polar surface area (TPSA) is 20.2 Å². The molecule has 6 fully saturated rings. The van der Waals surface area contributed by atoms with Gasteiger partial charge in [0.2, 0.25) is 0 Å². The first-order valence-electron chi connectivity index (χ1n) is 4.46. The summed E-state index contributed by atoms with van der Waals surface area (Å²) in [6, 6.07) is 0. The van der Waals surface area contributed by atoms with Gasteiger partial charge in [-0.05, 0) is 40.9 Å². The van der Waals surface area contributed by atoms with Crippen LogP contribution >= 0.6 is 0 Å². The van der Waals surface area contributed by atoms with Gasteiger partial charge in [0.05, 0.1) is 5.60 Å². The largest absolute Gasteiger partial charge is 0.389 e.